The molecule has 0 spiro atoms. The summed E-state index contributed by atoms with van der Waals surface area (Å²) in [6.07, 6.45) is 1.47. The van der Waals surface area contributed by atoms with E-state index in [2.05, 4.69) is 21.4 Å². The number of carbonyl (C=O) groups is 2. The first-order valence-corrected chi connectivity index (χ1v) is 8.13. The maximum absolute atomic E-state index is 12.6. The monoisotopic (exact) mass is 406 g/mol. The number of benzene rings is 2. The second kappa shape index (κ2) is 6.67. The van der Waals surface area contributed by atoms with Crippen molar-refractivity contribution in [2.24, 2.45) is 0 Å². The average molecular weight is 408 g/mol. The lowest BCUT2D eigenvalue weighted by molar-refractivity contribution is -0.117. The molecule has 7 heteroatoms. The Bertz CT molecular complexity index is 849. The van der Waals surface area contributed by atoms with E-state index >= 15 is 0 Å². The zero-order valence-corrected chi connectivity index (χ0v) is 14.9. The molecule has 24 heavy (non-hydrogen) atoms. The zero-order valence-electron chi connectivity index (χ0n) is 12.5. The molecule has 0 aromatic heterocycles. The van der Waals surface area contributed by atoms with Gasteiger partial charge in [0, 0.05) is 15.1 Å². The minimum atomic E-state index is -0.482. The van der Waals surface area contributed by atoms with Crippen molar-refractivity contribution < 1.29 is 14.3 Å². The molecule has 1 saturated heterocycles. The molecule has 2 aromatic rings. The Morgan fingerprint density at radius 2 is 1.88 bits per heavy atom. The summed E-state index contributed by atoms with van der Waals surface area (Å²) in [5, 5.41) is 1.69. The first-order chi connectivity index (χ1) is 11.5. The van der Waals surface area contributed by atoms with Crippen LogP contribution in [0, 0.1) is 0 Å². The van der Waals surface area contributed by atoms with Gasteiger partial charge in [-0.25, -0.2) is 5.01 Å². The molecule has 0 atom stereocenters. The van der Waals surface area contributed by atoms with Gasteiger partial charge in [-0.2, -0.15) is 0 Å². The molecule has 1 N–H and O–H groups in total. The molecule has 2 aromatic carbocycles. The Labute approximate surface area is 152 Å². The Morgan fingerprint density at radius 1 is 1.17 bits per heavy atom. The van der Waals surface area contributed by atoms with Crippen molar-refractivity contribution in [2.75, 3.05) is 12.1 Å². The fraction of sp³-hybridized carbons (Fsp3) is 0.0588. The van der Waals surface area contributed by atoms with Gasteiger partial charge >= 0.3 is 0 Å². The highest BCUT2D eigenvalue weighted by atomic mass is 79.9. The maximum Gasteiger partial charge on any atom is 0.282 e. The van der Waals surface area contributed by atoms with Crippen LogP contribution in [0.25, 0.3) is 6.08 Å². The standard InChI is InChI=1S/C17H12BrClN2O3/c1-24-15-7-4-12(19)8-10(15)9-14-16(22)20-21(17(14)23)13-5-2-11(18)3-6-13/h2-9H,1H3,(H,20,22)/b14-9+. The van der Waals surface area contributed by atoms with Gasteiger partial charge in [-0.3, -0.25) is 15.0 Å². The van der Waals surface area contributed by atoms with Crippen LogP contribution in [0.15, 0.2) is 52.5 Å². The number of nitrogens with one attached hydrogen (secondary N) is 1. The zero-order chi connectivity index (χ0) is 17.3. The number of nitrogens with zero attached hydrogens (tertiary/aromatic N) is 1. The predicted octanol–water partition coefficient (Wildman–Crippen LogP) is 3.57. The van der Waals surface area contributed by atoms with Gasteiger partial charge in [0.05, 0.1) is 12.8 Å². The number of methoxy groups -OCH3 is 1. The number of rotatable bonds is 3. The topological polar surface area (TPSA) is 58.6 Å². The van der Waals surface area contributed by atoms with Crippen molar-refractivity contribution in [2.45, 2.75) is 0 Å². The van der Waals surface area contributed by atoms with Crippen LogP contribution in [-0.2, 0) is 9.59 Å². The van der Waals surface area contributed by atoms with Gasteiger partial charge in [0.1, 0.15) is 11.3 Å². The van der Waals surface area contributed by atoms with Crippen molar-refractivity contribution in [1.82, 2.24) is 5.43 Å². The summed E-state index contributed by atoms with van der Waals surface area (Å²) < 4.78 is 6.12. The lowest BCUT2D eigenvalue weighted by Crippen LogP contribution is -2.35. The highest BCUT2D eigenvalue weighted by molar-refractivity contribution is 9.10. The first-order valence-electron chi connectivity index (χ1n) is 6.96. The van der Waals surface area contributed by atoms with Gasteiger partial charge < -0.3 is 4.74 Å². The van der Waals surface area contributed by atoms with Gasteiger partial charge in [0.2, 0.25) is 0 Å². The van der Waals surface area contributed by atoms with E-state index in [1.54, 1.807) is 42.5 Å². The van der Waals surface area contributed by atoms with Gasteiger partial charge in [-0.1, -0.05) is 27.5 Å². The largest absolute Gasteiger partial charge is 0.496 e. The number of hydrazine groups is 1. The SMILES string of the molecule is COc1ccc(Cl)cc1/C=C1\C(=O)NN(c2ccc(Br)cc2)C1=O. The molecule has 3 rings (SSSR count). The summed E-state index contributed by atoms with van der Waals surface area (Å²) in [4.78, 5) is 24.8. The van der Waals surface area contributed by atoms with E-state index in [0.717, 1.165) is 4.47 Å². The third-order valence-corrected chi connectivity index (χ3v) is 4.23. The van der Waals surface area contributed by atoms with Gasteiger partial charge in [0.15, 0.2) is 0 Å². The van der Waals surface area contributed by atoms with Crippen LogP contribution in [0.4, 0.5) is 5.69 Å². The van der Waals surface area contributed by atoms with E-state index in [1.807, 2.05) is 0 Å². The summed E-state index contributed by atoms with van der Waals surface area (Å²) in [6, 6.07) is 12.0. The number of amides is 2. The van der Waals surface area contributed by atoms with Crippen molar-refractivity contribution in [3.8, 4) is 5.75 Å². The van der Waals surface area contributed by atoms with Crippen LogP contribution in [0.1, 0.15) is 5.56 Å². The smallest absolute Gasteiger partial charge is 0.282 e. The molecule has 122 valence electrons. The van der Waals surface area contributed by atoms with Crippen LogP contribution in [-0.4, -0.2) is 18.9 Å². The molecule has 0 saturated carbocycles. The first kappa shape index (κ1) is 16.5. The summed E-state index contributed by atoms with van der Waals surface area (Å²) in [5.41, 5.74) is 3.69. The summed E-state index contributed by atoms with van der Waals surface area (Å²) in [5.74, 6) is -0.399. The van der Waals surface area contributed by atoms with E-state index in [9.17, 15) is 9.59 Å². The molecule has 0 bridgehead atoms. The number of hydrogen-bond donors (Lipinski definition) is 1. The fourth-order valence-electron chi connectivity index (χ4n) is 2.30. The van der Waals surface area contributed by atoms with Crippen LogP contribution >= 0.6 is 27.5 Å². The van der Waals surface area contributed by atoms with Crippen LogP contribution in [0.2, 0.25) is 5.02 Å². The molecule has 1 fully saturated rings. The van der Waals surface area contributed by atoms with E-state index < -0.39 is 11.8 Å². The highest BCUT2D eigenvalue weighted by Crippen LogP contribution is 2.28. The fourth-order valence-corrected chi connectivity index (χ4v) is 2.75. The van der Waals surface area contributed by atoms with E-state index in [-0.39, 0.29) is 5.57 Å². The Balaban J connectivity index is 1.97. The summed E-state index contributed by atoms with van der Waals surface area (Å²) in [6.45, 7) is 0. The molecular formula is C17H12BrClN2O3. The molecule has 1 aliphatic rings. The highest BCUT2D eigenvalue weighted by Gasteiger charge is 2.34. The Morgan fingerprint density at radius 3 is 2.54 bits per heavy atom. The number of hydrogen-bond acceptors (Lipinski definition) is 3. The average Bonchev–Trinajstić information content (AvgIpc) is 2.84. The van der Waals surface area contributed by atoms with Crippen LogP contribution in [0.5, 0.6) is 5.75 Å². The third kappa shape index (κ3) is 3.16. The van der Waals surface area contributed by atoms with Crippen molar-refractivity contribution >= 4 is 51.1 Å². The second-order valence-electron chi connectivity index (χ2n) is 5.00. The Kier molecular flexibility index (Phi) is 4.59. The van der Waals surface area contributed by atoms with E-state index in [0.29, 0.717) is 22.0 Å². The lowest BCUT2D eigenvalue weighted by atomic mass is 10.1. The van der Waals surface area contributed by atoms with Crippen molar-refractivity contribution in [3.63, 3.8) is 0 Å². The molecule has 1 heterocycles. The number of halogens is 2. The van der Waals surface area contributed by atoms with Crippen LogP contribution in [0.3, 0.4) is 0 Å². The van der Waals surface area contributed by atoms with Crippen LogP contribution < -0.4 is 15.2 Å². The normalized spacial score (nSPS) is 15.8. The quantitative estimate of drug-likeness (QED) is 0.625. The second-order valence-corrected chi connectivity index (χ2v) is 6.35. The predicted molar refractivity (Wildman–Crippen MR) is 95.8 cm³/mol. The van der Waals surface area contributed by atoms with Crippen molar-refractivity contribution in [3.05, 3.63) is 63.1 Å². The van der Waals surface area contributed by atoms with Gasteiger partial charge in [0.25, 0.3) is 11.8 Å². The molecule has 5 nitrogen and oxygen atoms in total. The molecule has 0 aliphatic carbocycles. The minimum Gasteiger partial charge on any atom is -0.496 e. The summed E-state index contributed by atoms with van der Waals surface area (Å²) in [7, 11) is 1.51. The van der Waals surface area contributed by atoms with E-state index in [1.165, 1.54) is 18.2 Å². The van der Waals surface area contributed by atoms with Crippen molar-refractivity contribution in [1.29, 1.82) is 0 Å². The molecule has 1 aliphatic heterocycles. The third-order valence-electron chi connectivity index (χ3n) is 3.47. The molecular weight excluding hydrogens is 396 g/mol. The molecule has 0 unspecified atom stereocenters. The van der Waals surface area contributed by atoms with Gasteiger partial charge in [-0.15, -0.1) is 0 Å². The minimum absolute atomic E-state index is 0.0125. The Hall–Kier alpha value is -2.31. The maximum atomic E-state index is 12.6. The number of anilines is 1. The van der Waals surface area contributed by atoms with E-state index in [4.69, 9.17) is 16.3 Å². The lowest BCUT2D eigenvalue weighted by Gasteiger charge is -2.14. The number of ether oxygens (including phenoxy) is 1. The summed E-state index contributed by atoms with van der Waals surface area (Å²) >= 11 is 9.32. The van der Waals surface area contributed by atoms with Gasteiger partial charge in [-0.05, 0) is 48.5 Å². The number of carbonyl (C=O) groups excluding carboxylic acids is 2. The molecule has 0 radical (unpaired) electrons. The molecule has 2 amide bonds.